The summed E-state index contributed by atoms with van der Waals surface area (Å²) in [6.07, 6.45) is 5.49. The van der Waals surface area contributed by atoms with Crippen LogP contribution in [0.1, 0.15) is 26.2 Å². The SMILES string of the molecule is C/C(=C\C=O)COC1CCCCO1. The predicted octanol–water partition coefficient (Wildman–Crippen LogP) is 1.67. The van der Waals surface area contributed by atoms with Gasteiger partial charge in [-0.2, -0.15) is 0 Å². The first kappa shape index (κ1) is 10.4. The second-order valence-electron chi connectivity index (χ2n) is 3.26. The van der Waals surface area contributed by atoms with E-state index in [4.69, 9.17) is 9.47 Å². The van der Waals surface area contributed by atoms with E-state index in [-0.39, 0.29) is 6.29 Å². The lowest BCUT2D eigenvalue weighted by Gasteiger charge is -2.22. The van der Waals surface area contributed by atoms with Crippen molar-refractivity contribution in [3.63, 3.8) is 0 Å². The van der Waals surface area contributed by atoms with Gasteiger partial charge in [-0.05, 0) is 37.8 Å². The normalized spacial score (nSPS) is 24.4. The summed E-state index contributed by atoms with van der Waals surface area (Å²) in [4.78, 5) is 10.1. The molecule has 1 atom stereocenters. The maximum absolute atomic E-state index is 10.1. The number of allylic oxidation sites excluding steroid dienone is 1. The third-order valence-corrected chi connectivity index (χ3v) is 1.99. The first-order chi connectivity index (χ1) is 6.33. The Morgan fingerprint density at radius 1 is 1.62 bits per heavy atom. The molecular formula is C10H16O3. The van der Waals surface area contributed by atoms with E-state index < -0.39 is 0 Å². The summed E-state index contributed by atoms with van der Waals surface area (Å²) in [5, 5.41) is 0. The molecule has 13 heavy (non-hydrogen) atoms. The summed E-state index contributed by atoms with van der Waals surface area (Å²) in [6.45, 7) is 3.15. The van der Waals surface area contributed by atoms with Gasteiger partial charge in [0, 0.05) is 6.61 Å². The van der Waals surface area contributed by atoms with Crippen molar-refractivity contribution < 1.29 is 14.3 Å². The average Bonchev–Trinajstić information content (AvgIpc) is 2.17. The van der Waals surface area contributed by atoms with Crippen LogP contribution in [-0.2, 0) is 14.3 Å². The molecule has 0 aromatic heterocycles. The highest BCUT2D eigenvalue weighted by Gasteiger charge is 2.13. The summed E-state index contributed by atoms with van der Waals surface area (Å²) in [6, 6.07) is 0. The van der Waals surface area contributed by atoms with Gasteiger partial charge in [-0.15, -0.1) is 0 Å². The highest BCUT2D eigenvalue weighted by molar-refractivity contribution is 5.65. The Morgan fingerprint density at radius 2 is 2.46 bits per heavy atom. The molecule has 74 valence electrons. The van der Waals surface area contributed by atoms with Crippen LogP contribution in [0, 0.1) is 0 Å². The minimum atomic E-state index is -0.0660. The van der Waals surface area contributed by atoms with E-state index in [1.54, 1.807) is 0 Å². The first-order valence-electron chi connectivity index (χ1n) is 4.67. The molecule has 1 aliphatic rings. The number of carbonyl (C=O) groups excluding carboxylic acids is 1. The standard InChI is InChI=1S/C10H16O3/c1-9(5-6-11)8-13-10-4-2-3-7-12-10/h5-6,10H,2-4,7-8H2,1H3/b9-5+. The monoisotopic (exact) mass is 184 g/mol. The summed E-state index contributed by atoms with van der Waals surface area (Å²) in [5.41, 5.74) is 0.934. The maximum atomic E-state index is 10.1. The van der Waals surface area contributed by atoms with Gasteiger partial charge in [0.25, 0.3) is 0 Å². The van der Waals surface area contributed by atoms with Crippen molar-refractivity contribution in [1.82, 2.24) is 0 Å². The van der Waals surface area contributed by atoms with Gasteiger partial charge in [0.05, 0.1) is 6.61 Å². The van der Waals surface area contributed by atoms with Gasteiger partial charge in [-0.3, -0.25) is 4.79 Å². The minimum Gasteiger partial charge on any atom is -0.353 e. The Balaban J connectivity index is 2.17. The van der Waals surface area contributed by atoms with Crippen LogP contribution in [0.4, 0.5) is 0 Å². The van der Waals surface area contributed by atoms with E-state index in [1.165, 1.54) is 12.5 Å². The van der Waals surface area contributed by atoms with Crippen molar-refractivity contribution in [2.75, 3.05) is 13.2 Å². The van der Waals surface area contributed by atoms with Gasteiger partial charge < -0.3 is 9.47 Å². The molecule has 1 unspecified atom stereocenters. The van der Waals surface area contributed by atoms with E-state index in [9.17, 15) is 4.79 Å². The zero-order chi connectivity index (χ0) is 9.52. The van der Waals surface area contributed by atoms with Crippen LogP contribution in [0.25, 0.3) is 0 Å². The lowest BCUT2D eigenvalue weighted by molar-refractivity contribution is -0.156. The summed E-state index contributed by atoms with van der Waals surface area (Å²) in [7, 11) is 0. The second-order valence-corrected chi connectivity index (χ2v) is 3.26. The van der Waals surface area contributed by atoms with Crippen LogP contribution in [0.5, 0.6) is 0 Å². The number of carbonyl (C=O) groups is 1. The molecule has 1 aliphatic heterocycles. The number of hydrogen-bond donors (Lipinski definition) is 0. The average molecular weight is 184 g/mol. The summed E-state index contributed by atoms with van der Waals surface area (Å²) < 4.78 is 10.8. The van der Waals surface area contributed by atoms with E-state index in [0.717, 1.165) is 31.3 Å². The fraction of sp³-hybridized carbons (Fsp3) is 0.700. The largest absolute Gasteiger partial charge is 0.353 e. The van der Waals surface area contributed by atoms with E-state index in [0.29, 0.717) is 6.61 Å². The zero-order valence-corrected chi connectivity index (χ0v) is 7.99. The molecule has 0 aliphatic carbocycles. The highest BCUT2D eigenvalue weighted by atomic mass is 16.7. The molecule has 3 heteroatoms. The Labute approximate surface area is 78.7 Å². The predicted molar refractivity (Wildman–Crippen MR) is 49.4 cm³/mol. The smallest absolute Gasteiger partial charge is 0.158 e. The summed E-state index contributed by atoms with van der Waals surface area (Å²) in [5.74, 6) is 0. The molecule has 1 saturated heterocycles. The molecular weight excluding hydrogens is 168 g/mol. The van der Waals surface area contributed by atoms with Crippen molar-refractivity contribution >= 4 is 6.29 Å². The molecule has 0 saturated carbocycles. The fourth-order valence-corrected chi connectivity index (χ4v) is 1.23. The van der Waals surface area contributed by atoms with E-state index >= 15 is 0 Å². The lowest BCUT2D eigenvalue weighted by Crippen LogP contribution is -2.22. The molecule has 0 bridgehead atoms. The molecule has 1 heterocycles. The van der Waals surface area contributed by atoms with Crippen LogP contribution < -0.4 is 0 Å². The zero-order valence-electron chi connectivity index (χ0n) is 7.99. The molecule has 0 amide bonds. The van der Waals surface area contributed by atoms with Crippen LogP contribution >= 0.6 is 0 Å². The quantitative estimate of drug-likeness (QED) is 0.492. The Morgan fingerprint density at radius 3 is 3.08 bits per heavy atom. The molecule has 0 radical (unpaired) electrons. The minimum absolute atomic E-state index is 0.0660. The van der Waals surface area contributed by atoms with Crippen LogP contribution in [0.15, 0.2) is 11.6 Å². The number of hydrogen-bond acceptors (Lipinski definition) is 3. The molecule has 0 aromatic rings. The Bertz CT molecular complexity index is 181. The second kappa shape index (κ2) is 5.89. The van der Waals surface area contributed by atoms with Gasteiger partial charge in [0.2, 0.25) is 0 Å². The van der Waals surface area contributed by atoms with Gasteiger partial charge in [0.1, 0.15) is 6.29 Å². The topological polar surface area (TPSA) is 35.5 Å². The van der Waals surface area contributed by atoms with Crippen LogP contribution in [0.2, 0.25) is 0 Å². The molecule has 3 nitrogen and oxygen atoms in total. The first-order valence-corrected chi connectivity index (χ1v) is 4.67. The summed E-state index contributed by atoms with van der Waals surface area (Å²) >= 11 is 0. The number of aldehydes is 1. The van der Waals surface area contributed by atoms with Crippen LogP contribution in [-0.4, -0.2) is 25.8 Å². The molecule has 1 rings (SSSR count). The third kappa shape index (κ3) is 4.20. The van der Waals surface area contributed by atoms with Crippen molar-refractivity contribution in [3.8, 4) is 0 Å². The van der Waals surface area contributed by atoms with Gasteiger partial charge >= 0.3 is 0 Å². The number of rotatable bonds is 4. The van der Waals surface area contributed by atoms with E-state index in [2.05, 4.69) is 0 Å². The molecule has 1 fully saturated rings. The lowest BCUT2D eigenvalue weighted by atomic mass is 10.2. The van der Waals surface area contributed by atoms with Crippen molar-refractivity contribution in [2.24, 2.45) is 0 Å². The Hall–Kier alpha value is -0.670. The van der Waals surface area contributed by atoms with Crippen molar-refractivity contribution in [1.29, 1.82) is 0 Å². The molecule has 0 N–H and O–H groups in total. The van der Waals surface area contributed by atoms with Crippen molar-refractivity contribution in [3.05, 3.63) is 11.6 Å². The maximum Gasteiger partial charge on any atom is 0.158 e. The van der Waals surface area contributed by atoms with Gasteiger partial charge in [-0.25, -0.2) is 0 Å². The molecule has 0 aromatic carbocycles. The van der Waals surface area contributed by atoms with Gasteiger partial charge in [0.15, 0.2) is 6.29 Å². The van der Waals surface area contributed by atoms with Crippen molar-refractivity contribution in [2.45, 2.75) is 32.5 Å². The highest BCUT2D eigenvalue weighted by Crippen LogP contribution is 2.14. The van der Waals surface area contributed by atoms with Gasteiger partial charge in [-0.1, -0.05) is 0 Å². The third-order valence-electron chi connectivity index (χ3n) is 1.99. The Kier molecular flexibility index (Phi) is 4.72. The fourth-order valence-electron chi connectivity index (χ4n) is 1.23. The number of ether oxygens (including phenoxy) is 2. The van der Waals surface area contributed by atoms with E-state index in [1.807, 2.05) is 6.92 Å². The molecule has 0 spiro atoms. The van der Waals surface area contributed by atoms with Crippen LogP contribution in [0.3, 0.4) is 0 Å².